The summed E-state index contributed by atoms with van der Waals surface area (Å²) in [5.41, 5.74) is 0.597. The lowest BCUT2D eigenvalue weighted by molar-refractivity contribution is -0.140. The molecule has 0 spiro atoms. The summed E-state index contributed by atoms with van der Waals surface area (Å²) in [4.78, 5) is 25.5. The van der Waals surface area contributed by atoms with Gasteiger partial charge in [-0.25, -0.2) is 4.79 Å². The highest BCUT2D eigenvalue weighted by Crippen LogP contribution is 2.22. The fraction of sp³-hybridized carbons (Fsp3) is 0.429. The molecule has 1 saturated heterocycles. The SMILES string of the molecule is O=C(NCC(F)(F)F)C1CCCN1C(=O)Nc1ccccc1I. The van der Waals surface area contributed by atoms with Crippen molar-refractivity contribution < 1.29 is 22.8 Å². The average Bonchev–Trinajstić information content (AvgIpc) is 2.96. The Kier molecular flexibility index (Phi) is 5.71. The highest BCUT2D eigenvalue weighted by molar-refractivity contribution is 14.1. The van der Waals surface area contributed by atoms with Crippen molar-refractivity contribution in [3.05, 3.63) is 27.8 Å². The Labute approximate surface area is 144 Å². The number of amides is 3. The Morgan fingerprint density at radius 3 is 2.65 bits per heavy atom. The van der Waals surface area contributed by atoms with Crippen molar-refractivity contribution >= 4 is 40.2 Å². The first kappa shape index (κ1) is 17.8. The normalized spacial score (nSPS) is 17.9. The third-order valence-electron chi connectivity index (χ3n) is 3.39. The van der Waals surface area contributed by atoms with Gasteiger partial charge in [-0.3, -0.25) is 4.79 Å². The van der Waals surface area contributed by atoms with Gasteiger partial charge in [0.2, 0.25) is 5.91 Å². The highest BCUT2D eigenvalue weighted by atomic mass is 127. The van der Waals surface area contributed by atoms with Gasteiger partial charge in [0, 0.05) is 10.1 Å². The second-order valence-corrected chi connectivity index (χ2v) is 6.26. The number of nitrogens with zero attached hydrogens (tertiary/aromatic N) is 1. The van der Waals surface area contributed by atoms with Crippen molar-refractivity contribution in [1.29, 1.82) is 0 Å². The second-order valence-electron chi connectivity index (χ2n) is 5.09. The first-order valence-electron chi connectivity index (χ1n) is 6.94. The summed E-state index contributed by atoms with van der Waals surface area (Å²) >= 11 is 2.06. The number of hydrogen-bond acceptors (Lipinski definition) is 2. The van der Waals surface area contributed by atoms with E-state index in [2.05, 4.69) is 27.9 Å². The summed E-state index contributed by atoms with van der Waals surface area (Å²) in [6.45, 7) is -1.06. The second kappa shape index (κ2) is 7.37. The number of halogens is 4. The van der Waals surface area contributed by atoms with Gasteiger partial charge in [-0.1, -0.05) is 12.1 Å². The first-order valence-corrected chi connectivity index (χ1v) is 8.02. The molecule has 0 aliphatic carbocycles. The topological polar surface area (TPSA) is 61.4 Å². The van der Waals surface area contributed by atoms with Crippen LogP contribution >= 0.6 is 22.6 Å². The smallest absolute Gasteiger partial charge is 0.345 e. The lowest BCUT2D eigenvalue weighted by atomic mass is 10.2. The minimum atomic E-state index is -4.47. The molecule has 1 fully saturated rings. The van der Waals surface area contributed by atoms with E-state index in [9.17, 15) is 22.8 Å². The summed E-state index contributed by atoms with van der Waals surface area (Å²) in [7, 11) is 0. The molecule has 126 valence electrons. The van der Waals surface area contributed by atoms with Crippen LogP contribution in [0.1, 0.15) is 12.8 Å². The van der Waals surface area contributed by atoms with Crippen LogP contribution in [0, 0.1) is 3.57 Å². The van der Waals surface area contributed by atoms with Crippen molar-refractivity contribution in [3.63, 3.8) is 0 Å². The van der Waals surface area contributed by atoms with Crippen molar-refractivity contribution in [1.82, 2.24) is 10.2 Å². The van der Waals surface area contributed by atoms with Gasteiger partial charge >= 0.3 is 12.2 Å². The zero-order valence-corrected chi connectivity index (χ0v) is 14.1. The molecule has 5 nitrogen and oxygen atoms in total. The van der Waals surface area contributed by atoms with Crippen LogP contribution < -0.4 is 10.6 Å². The average molecular weight is 441 g/mol. The summed E-state index contributed by atoms with van der Waals surface area (Å²) in [5, 5.41) is 4.52. The van der Waals surface area contributed by atoms with Gasteiger partial charge in [0.25, 0.3) is 0 Å². The van der Waals surface area contributed by atoms with E-state index in [0.29, 0.717) is 25.1 Å². The van der Waals surface area contributed by atoms with Gasteiger partial charge in [-0.05, 0) is 47.6 Å². The monoisotopic (exact) mass is 441 g/mol. The van der Waals surface area contributed by atoms with Gasteiger partial charge in [-0.15, -0.1) is 0 Å². The van der Waals surface area contributed by atoms with Crippen LogP contribution in [0.5, 0.6) is 0 Å². The number of alkyl halides is 3. The minimum absolute atomic E-state index is 0.333. The molecule has 0 saturated carbocycles. The molecule has 0 aromatic heterocycles. The highest BCUT2D eigenvalue weighted by Gasteiger charge is 2.36. The Hall–Kier alpha value is -1.52. The molecular formula is C14H15F3IN3O2. The Morgan fingerprint density at radius 1 is 1.30 bits per heavy atom. The molecule has 9 heteroatoms. The Morgan fingerprint density at radius 2 is 2.00 bits per heavy atom. The van der Waals surface area contributed by atoms with E-state index < -0.39 is 30.7 Å². The van der Waals surface area contributed by atoms with Crippen molar-refractivity contribution in [2.45, 2.75) is 25.1 Å². The lowest BCUT2D eigenvalue weighted by Gasteiger charge is -2.24. The largest absolute Gasteiger partial charge is 0.405 e. The molecule has 1 unspecified atom stereocenters. The van der Waals surface area contributed by atoms with Crippen LogP contribution in [0.2, 0.25) is 0 Å². The molecule has 2 N–H and O–H groups in total. The maximum Gasteiger partial charge on any atom is 0.405 e. The van der Waals surface area contributed by atoms with Crippen LogP contribution in [0.25, 0.3) is 0 Å². The van der Waals surface area contributed by atoms with Gasteiger partial charge in [-0.2, -0.15) is 13.2 Å². The van der Waals surface area contributed by atoms with E-state index in [0.717, 1.165) is 3.57 Å². The molecule has 0 radical (unpaired) electrons. The number of para-hydroxylation sites is 1. The first-order chi connectivity index (χ1) is 10.8. The lowest BCUT2D eigenvalue weighted by Crippen LogP contribution is -2.49. The van der Waals surface area contributed by atoms with Crippen LogP contribution in [-0.2, 0) is 4.79 Å². The summed E-state index contributed by atoms with van der Waals surface area (Å²) in [6, 6.07) is 5.75. The van der Waals surface area contributed by atoms with Gasteiger partial charge in [0.1, 0.15) is 12.6 Å². The maximum absolute atomic E-state index is 12.3. The third-order valence-corrected chi connectivity index (χ3v) is 4.34. The van der Waals surface area contributed by atoms with Gasteiger partial charge < -0.3 is 15.5 Å². The molecule has 2 rings (SSSR count). The number of carbonyl (C=O) groups is 2. The van der Waals surface area contributed by atoms with Crippen molar-refractivity contribution in [2.75, 3.05) is 18.4 Å². The van der Waals surface area contributed by atoms with E-state index in [-0.39, 0.29) is 0 Å². The Bertz CT molecular complexity index is 595. The number of benzene rings is 1. The van der Waals surface area contributed by atoms with E-state index in [1.165, 1.54) is 4.90 Å². The molecule has 1 aromatic rings. The van der Waals surface area contributed by atoms with Crippen LogP contribution in [0.4, 0.5) is 23.7 Å². The Balaban J connectivity index is 1.99. The number of likely N-dealkylation sites (tertiary alicyclic amines) is 1. The molecule has 1 aromatic carbocycles. The minimum Gasteiger partial charge on any atom is -0.345 e. The predicted octanol–water partition coefficient (Wildman–Crippen LogP) is 2.97. The summed E-state index contributed by atoms with van der Waals surface area (Å²) in [6.07, 6.45) is -3.55. The van der Waals surface area contributed by atoms with E-state index in [4.69, 9.17) is 0 Å². The number of hydrogen-bond donors (Lipinski definition) is 2. The van der Waals surface area contributed by atoms with Crippen LogP contribution in [0.15, 0.2) is 24.3 Å². The zero-order chi connectivity index (χ0) is 17.0. The molecule has 0 bridgehead atoms. The van der Waals surface area contributed by atoms with Crippen LogP contribution in [0.3, 0.4) is 0 Å². The molecular weight excluding hydrogens is 426 g/mol. The van der Waals surface area contributed by atoms with Gasteiger partial charge in [0.15, 0.2) is 0 Å². The number of anilines is 1. The number of carbonyl (C=O) groups excluding carboxylic acids is 2. The quantitative estimate of drug-likeness (QED) is 0.709. The van der Waals surface area contributed by atoms with Crippen LogP contribution in [-0.4, -0.2) is 42.1 Å². The third kappa shape index (κ3) is 4.98. The standard InChI is InChI=1S/C14H15F3IN3O2/c15-14(16,17)8-19-12(22)11-6-3-7-21(11)13(23)20-10-5-2-1-4-9(10)18/h1-2,4-5,11H,3,6-8H2,(H,19,22)(H,20,23). The van der Waals surface area contributed by atoms with E-state index in [1.54, 1.807) is 12.1 Å². The fourth-order valence-electron chi connectivity index (χ4n) is 2.34. The van der Waals surface area contributed by atoms with Crippen molar-refractivity contribution in [3.8, 4) is 0 Å². The van der Waals surface area contributed by atoms with E-state index >= 15 is 0 Å². The predicted molar refractivity (Wildman–Crippen MR) is 87.0 cm³/mol. The summed E-state index contributed by atoms with van der Waals surface area (Å²) < 4.78 is 37.4. The molecule has 1 heterocycles. The molecule has 1 aliphatic rings. The molecule has 3 amide bonds. The zero-order valence-electron chi connectivity index (χ0n) is 12.0. The maximum atomic E-state index is 12.3. The summed E-state index contributed by atoms with van der Waals surface area (Å²) in [5.74, 6) is -0.780. The molecule has 23 heavy (non-hydrogen) atoms. The fourth-order valence-corrected chi connectivity index (χ4v) is 2.86. The molecule has 1 aliphatic heterocycles. The van der Waals surface area contributed by atoms with Crippen molar-refractivity contribution in [2.24, 2.45) is 0 Å². The number of urea groups is 1. The van der Waals surface area contributed by atoms with E-state index in [1.807, 2.05) is 17.4 Å². The number of rotatable bonds is 3. The number of nitrogens with one attached hydrogen (secondary N) is 2. The molecule has 1 atom stereocenters. The van der Waals surface area contributed by atoms with Gasteiger partial charge in [0.05, 0.1) is 5.69 Å².